The summed E-state index contributed by atoms with van der Waals surface area (Å²) in [4.78, 5) is 14.3. The third kappa shape index (κ3) is 2.80. The average Bonchev–Trinajstić information content (AvgIpc) is 3.34. The minimum Gasteiger partial charge on any atom is -0.393 e. The number of nitrogens with zero attached hydrogens (tertiary/aromatic N) is 4. The lowest BCUT2D eigenvalue weighted by atomic mass is 9.82. The summed E-state index contributed by atoms with van der Waals surface area (Å²) in [6.07, 6.45) is 11.4. The van der Waals surface area contributed by atoms with E-state index in [2.05, 4.69) is 35.3 Å². The fourth-order valence-corrected chi connectivity index (χ4v) is 5.57. The van der Waals surface area contributed by atoms with Crippen LogP contribution < -0.4 is 5.73 Å². The highest BCUT2D eigenvalue weighted by atomic mass is 32.2. The number of hydrogen-bond donors (Lipinski definition) is 2. The van der Waals surface area contributed by atoms with Crippen LogP contribution in [0.2, 0.25) is 0 Å². The molecule has 2 unspecified atom stereocenters. The molecule has 7 heteroatoms. The first-order valence-corrected chi connectivity index (χ1v) is 11.1. The lowest BCUT2D eigenvalue weighted by molar-refractivity contribution is 0.0715. The van der Waals surface area contributed by atoms with Crippen LogP contribution in [0.4, 0.5) is 5.82 Å². The number of hydrogen-bond acceptors (Lipinski definition) is 6. The van der Waals surface area contributed by atoms with Gasteiger partial charge in [-0.2, -0.15) is 0 Å². The van der Waals surface area contributed by atoms with Crippen LogP contribution in [0.1, 0.15) is 35.8 Å². The number of rotatable bonds is 3. The second kappa shape index (κ2) is 6.82. The Labute approximate surface area is 178 Å². The monoisotopic (exact) mass is 415 g/mol. The molecule has 6 rings (SSSR count). The zero-order chi connectivity index (χ0) is 20.2. The Morgan fingerprint density at radius 3 is 2.80 bits per heavy atom. The molecule has 0 spiro atoms. The first-order chi connectivity index (χ1) is 14.7. The second-order valence-electron chi connectivity index (χ2n) is 8.03. The molecule has 1 aliphatic heterocycles. The predicted molar refractivity (Wildman–Crippen MR) is 121 cm³/mol. The van der Waals surface area contributed by atoms with Crippen molar-refractivity contribution in [3.05, 3.63) is 78.0 Å². The molecule has 2 aliphatic carbocycles. The van der Waals surface area contributed by atoms with Crippen LogP contribution in [0, 0.1) is 0 Å². The highest BCUT2D eigenvalue weighted by Gasteiger charge is 2.34. The summed E-state index contributed by atoms with van der Waals surface area (Å²) in [6, 6.07) is 10.4. The Balaban J connectivity index is 1.41. The molecule has 1 aromatic carbocycles. The number of nitrogens with two attached hydrogens (primary N) is 1. The third-order valence-electron chi connectivity index (χ3n) is 6.05. The largest absolute Gasteiger partial charge is 0.393 e. The van der Waals surface area contributed by atoms with Crippen LogP contribution in [0.15, 0.2) is 65.9 Å². The molecule has 0 saturated heterocycles. The zero-order valence-electron chi connectivity index (χ0n) is 16.2. The number of imidazole rings is 1. The third-order valence-corrected chi connectivity index (χ3v) is 7.32. The van der Waals surface area contributed by atoms with Crippen LogP contribution >= 0.6 is 11.8 Å². The van der Waals surface area contributed by atoms with E-state index in [1.165, 1.54) is 0 Å². The lowest BCUT2D eigenvalue weighted by Gasteiger charge is -2.30. The molecule has 2 atom stereocenters. The molecular formula is C23H21N5OS. The Hall–Kier alpha value is -2.90. The minimum atomic E-state index is -0.235. The van der Waals surface area contributed by atoms with Crippen molar-refractivity contribution >= 4 is 33.7 Å². The summed E-state index contributed by atoms with van der Waals surface area (Å²) in [5, 5.41) is 11.1. The number of aliphatic hydroxyl groups excluding tert-OH is 1. The standard InChI is InChI=1S/C23H21N5OS/c24-21-20-19(27-22(15-10-16(29)11-15)28(20)9-8-25-21)14-6-7-18-17(12-14)26-23(30-18)13-4-2-1-3-5-13/h1-9,12,15-18,29H,10-11H2,(H2,24,25). The Bertz CT molecular complexity index is 1220. The van der Waals surface area contributed by atoms with Crippen molar-refractivity contribution < 1.29 is 5.11 Å². The van der Waals surface area contributed by atoms with Crippen molar-refractivity contribution in [3.8, 4) is 0 Å². The number of allylic oxidation sites excluding steroid dienone is 2. The van der Waals surface area contributed by atoms with Crippen molar-refractivity contribution in [1.82, 2.24) is 14.4 Å². The summed E-state index contributed by atoms with van der Waals surface area (Å²) in [5.74, 6) is 1.66. The van der Waals surface area contributed by atoms with Crippen molar-refractivity contribution in [2.45, 2.75) is 36.2 Å². The van der Waals surface area contributed by atoms with E-state index in [9.17, 15) is 5.11 Å². The van der Waals surface area contributed by atoms with E-state index in [1.54, 1.807) is 18.0 Å². The molecule has 1 saturated carbocycles. The van der Waals surface area contributed by atoms with Gasteiger partial charge >= 0.3 is 0 Å². The second-order valence-corrected chi connectivity index (χ2v) is 9.19. The molecule has 2 aromatic heterocycles. The number of benzene rings is 1. The number of aromatic nitrogens is 3. The van der Waals surface area contributed by atoms with Gasteiger partial charge in [0.05, 0.1) is 28.1 Å². The van der Waals surface area contributed by atoms with Gasteiger partial charge in [0.15, 0.2) is 0 Å². The smallest absolute Gasteiger partial charge is 0.150 e. The van der Waals surface area contributed by atoms with Gasteiger partial charge in [0.2, 0.25) is 0 Å². The topological polar surface area (TPSA) is 88.8 Å². The minimum absolute atomic E-state index is 0.0776. The predicted octanol–water partition coefficient (Wildman–Crippen LogP) is 3.43. The van der Waals surface area contributed by atoms with Crippen LogP contribution in [0.5, 0.6) is 0 Å². The Kier molecular flexibility index (Phi) is 4.07. The highest BCUT2D eigenvalue weighted by Crippen LogP contribution is 2.41. The molecule has 1 fully saturated rings. The maximum absolute atomic E-state index is 9.77. The van der Waals surface area contributed by atoms with Crippen LogP contribution in [0.3, 0.4) is 0 Å². The van der Waals surface area contributed by atoms with Crippen molar-refractivity contribution in [2.75, 3.05) is 5.73 Å². The normalized spacial score (nSPS) is 27.5. The van der Waals surface area contributed by atoms with Crippen molar-refractivity contribution in [2.24, 2.45) is 4.99 Å². The summed E-state index contributed by atoms with van der Waals surface area (Å²) >= 11 is 1.80. The van der Waals surface area contributed by atoms with Gasteiger partial charge in [-0.15, -0.1) is 0 Å². The summed E-state index contributed by atoms with van der Waals surface area (Å²) in [7, 11) is 0. The number of aliphatic imine (C=N–C) groups is 1. The number of fused-ring (bicyclic) bond motifs is 2. The fraction of sp³-hybridized carbons (Fsp3) is 0.261. The molecular weight excluding hydrogens is 394 g/mol. The maximum atomic E-state index is 9.77. The SMILES string of the molecule is Nc1nccn2c(C3CC(O)C3)nc(C3=CC4N=C(c5ccccc5)SC4C=C3)c12. The molecule has 30 heavy (non-hydrogen) atoms. The van der Waals surface area contributed by atoms with Crippen molar-refractivity contribution in [3.63, 3.8) is 0 Å². The molecule has 3 aliphatic rings. The van der Waals surface area contributed by atoms with E-state index in [-0.39, 0.29) is 18.1 Å². The average molecular weight is 416 g/mol. The molecule has 3 N–H and O–H groups in total. The lowest BCUT2D eigenvalue weighted by Crippen LogP contribution is -2.28. The quantitative estimate of drug-likeness (QED) is 0.684. The van der Waals surface area contributed by atoms with Crippen LogP contribution in [-0.2, 0) is 0 Å². The van der Waals surface area contributed by atoms with Gasteiger partial charge in [0, 0.05) is 29.4 Å². The van der Waals surface area contributed by atoms with Gasteiger partial charge in [-0.3, -0.25) is 9.39 Å². The van der Waals surface area contributed by atoms with Crippen LogP contribution in [-0.4, -0.2) is 41.9 Å². The molecule has 0 bridgehead atoms. The van der Waals surface area contributed by atoms with Gasteiger partial charge in [-0.05, 0) is 18.9 Å². The molecule has 3 heterocycles. The fourth-order valence-electron chi connectivity index (χ4n) is 4.42. The van der Waals surface area contributed by atoms with Gasteiger partial charge in [0.25, 0.3) is 0 Å². The van der Waals surface area contributed by atoms with Gasteiger partial charge in [-0.25, -0.2) is 9.97 Å². The van der Waals surface area contributed by atoms with E-state index < -0.39 is 0 Å². The van der Waals surface area contributed by atoms with E-state index in [1.807, 2.05) is 28.8 Å². The van der Waals surface area contributed by atoms with E-state index in [4.69, 9.17) is 15.7 Å². The molecule has 0 amide bonds. The van der Waals surface area contributed by atoms with Gasteiger partial charge in [0.1, 0.15) is 17.2 Å². The number of nitrogen functional groups attached to an aromatic ring is 1. The summed E-state index contributed by atoms with van der Waals surface area (Å²) < 4.78 is 2.04. The molecule has 0 radical (unpaired) electrons. The molecule has 150 valence electrons. The Morgan fingerprint density at radius 1 is 1.17 bits per heavy atom. The Morgan fingerprint density at radius 2 is 2.00 bits per heavy atom. The highest BCUT2D eigenvalue weighted by molar-refractivity contribution is 8.15. The molecule has 6 nitrogen and oxygen atoms in total. The van der Waals surface area contributed by atoms with Crippen LogP contribution in [0.25, 0.3) is 11.1 Å². The maximum Gasteiger partial charge on any atom is 0.150 e. The number of anilines is 1. The first kappa shape index (κ1) is 17.9. The summed E-state index contributed by atoms with van der Waals surface area (Å²) in [5.41, 5.74) is 10.1. The van der Waals surface area contributed by atoms with Gasteiger partial charge < -0.3 is 10.8 Å². The first-order valence-electron chi connectivity index (χ1n) is 10.2. The summed E-state index contributed by atoms with van der Waals surface area (Å²) in [6.45, 7) is 0. The van der Waals surface area contributed by atoms with E-state index in [0.29, 0.717) is 11.1 Å². The van der Waals surface area contributed by atoms with Crippen molar-refractivity contribution in [1.29, 1.82) is 0 Å². The van der Waals surface area contributed by atoms with E-state index in [0.717, 1.165) is 46.1 Å². The number of aliphatic hydroxyl groups is 1. The van der Waals surface area contributed by atoms with E-state index >= 15 is 0 Å². The number of thioether (sulfide) groups is 1. The molecule has 3 aromatic rings. The van der Waals surface area contributed by atoms with Gasteiger partial charge in [-0.1, -0.05) is 54.2 Å². The zero-order valence-corrected chi connectivity index (χ0v) is 17.0.